The second-order valence-electron chi connectivity index (χ2n) is 4.76. The second kappa shape index (κ2) is 5.86. The van der Waals surface area contributed by atoms with Crippen LogP contribution in [0.3, 0.4) is 0 Å². The van der Waals surface area contributed by atoms with E-state index in [9.17, 15) is 21.6 Å². The fourth-order valence-corrected chi connectivity index (χ4v) is 3.89. The Morgan fingerprint density at radius 3 is 2.26 bits per heavy atom. The van der Waals surface area contributed by atoms with Crippen molar-refractivity contribution >= 4 is 26.5 Å². The Kier molecular flexibility index (Phi) is 5.10. The van der Waals surface area contributed by atoms with Crippen LogP contribution in [0.25, 0.3) is 0 Å². The Hall–Kier alpha value is -0.510. The average molecular weight is 314 g/mol. The summed E-state index contributed by atoms with van der Waals surface area (Å²) in [6, 6.07) is 0. The molecule has 0 aromatic rings. The first-order valence-electron chi connectivity index (χ1n) is 5.80. The third-order valence-electron chi connectivity index (χ3n) is 2.94. The van der Waals surface area contributed by atoms with Gasteiger partial charge in [-0.15, -0.1) is 0 Å². The molecule has 0 bridgehead atoms. The minimum Gasteiger partial charge on any atom is -0.303 e. The lowest BCUT2D eigenvalue weighted by Crippen LogP contribution is -2.50. The molecule has 1 rings (SSSR count). The van der Waals surface area contributed by atoms with E-state index in [0.29, 0.717) is 25.5 Å². The highest BCUT2D eigenvalue weighted by Crippen LogP contribution is 2.38. The molecule has 19 heavy (non-hydrogen) atoms. The minimum atomic E-state index is -3.83. The molecular formula is C10H18O7S2. The van der Waals surface area contributed by atoms with Crippen molar-refractivity contribution in [2.45, 2.75) is 43.8 Å². The molecule has 0 radical (unpaired) electrons. The summed E-state index contributed by atoms with van der Waals surface area (Å²) >= 11 is 0. The molecule has 1 fully saturated rings. The molecular weight excluding hydrogens is 296 g/mol. The van der Waals surface area contributed by atoms with E-state index in [1.54, 1.807) is 0 Å². The van der Waals surface area contributed by atoms with Crippen LogP contribution in [0, 0.1) is 0 Å². The number of aldehydes is 1. The Balaban J connectivity index is 3.10. The average Bonchev–Trinajstić information content (AvgIpc) is 2.17. The monoisotopic (exact) mass is 314 g/mol. The fraction of sp³-hybridized carbons (Fsp3) is 0.900. The van der Waals surface area contributed by atoms with Crippen molar-refractivity contribution in [2.24, 2.45) is 0 Å². The van der Waals surface area contributed by atoms with Crippen LogP contribution in [0.1, 0.15) is 32.1 Å². The molecule has 1 aliphatic rings. The minimum absolute atomic E-state index is 0.222. The zero-order valence-corrected chi connectivity index (χ0v) is 12.5. The number of hydrogen-bond acceptors (Lipinski definition) is 7. The van der Waals surface area contributed by atoms with Crippen LogP contribution < -0.4 is 0 Å². The molecule has 0 aromatic carbocycles. The van der Waals surface area contributed by atoms with Crippen LogP contribution in [0.15, 0.2) is 0 Å². The molecule has 112 valence electrons. The van der Waals surface area contributed by atoms with E-state index in [1.165, 1.54) is 0 Å². The summed E-state index contributed by atoms with van der Waals surface area (Å²) in [7, 11) is -7.59. The Morgan fingerprint density at radius 1 is 1.16 bits per heavy atom. The lowest BCUT2D eigenvalue weighted by molar-refractivity contribution is -0.118. The highest BCUT2D eigenvalue weighted by Gasteiger charge is 2.46. The van der Waals surface area contributed by atoms with Gasteiger partial charge in [0.25, 0.3) is 20.2 Å². The van der Waals surface area contributed by atoms with E-state index in [0.717, 1.165) is 12.5 Å². The van der Waals surface area contributed by atoms with E-state index >= 15 is 0 Å². The SMILES string of the molecule is CS(=O)(=O)OC1CCCCC1(CC=O)OS(C)(=O)=O. The van der Waals surface area contributed by atoms with Crippen LogP contribution >= 0.6 is 0 Å². The molecule has 0 spiro atoms. The molecule has 0 heterocycles. The lowest BCUT2D eigenvalue weighted by Gasteiger charge is -2.40. The van der Waals surface area contributed by atoms with Crippen LogP contribution in [0.2, 0.25) is 0 Å². The summed E-state index contributed by atoms with van der Waals surface area (Å²) in [4.78, 5) is 10.8. The smallest absolute Gasteiger partial charge is 0.265 e. The Bertz CT molecular complexity index is 522. The quantitative estimate of drug-likeness (QED) is 0.510. The predicted molar refractivity (Wildman–Crippen MR) is 67.5 cm³/mol. The molecule has 2 atom stereocenters. The summed E-state index contributed by atoms with van der Waals surface area (Å²) in [5.41, 5.74) is -1.42. The van der Waals surface area contributed by atoms with Crippen LogP contribution in [0.4, 0.5) is 0 Å². The van der Waals surface area contributed by atoms with Crippen molar-refractivity contribution in [2.75, 3.05) is 12.5 Å². The second-order valence-corrected chi connectivity index (χ2v) is 7.93. The third kappa shape index (κ3) is 5.17. The van der Waals surface area contributed by atoms with Gasteiger partial charge < -0.3 is 4.79 Å². The third-order valence-corrected chi connectivity index (χ3v) is 4.16. The van der Waals surface area contributed by atoms with Crippen molar-refractivity contribution in [3.8, 4) is 0 Å². The van der Waals surface area contributed by atoms with Crippen LogP contribution in [-0.4, -0.2) is 47.3 Å². The largest absolute Gasteiger partial charge is 0.303 e. The van der Waals surface area contributed by atoms with E-state index in [4.69, 9.17) is 8.37 Å². The maximum absolute atomic E-state index is 11.3. The molecule has 2 unspecified atom stereocenters. The van der Waals surface area contributed by atoms with Gasteiger partial charge in [-0.25, -0.2) is 0 Å². The predicted octanol–water partition coefficient (Wildman–Crippen LogP) is 0.209. The zero-order valence-electron chi connectivity index (χ0n) is 10.9. The first-order chi connectivity index (χ1) is 8.58. The highest BCUT2D eigenvalue weighted by molar-refractivity contribution is 7.86. The highest BCUT2D eigenvalue weighted by atomic mass is 32.2. The van der Waals surface area contributed by atoms with Crippen molar-refractivity contribution in [1.29, 1.82) is 0 Å². The van der Waals surface area contributed by atoms with Gasteiger partial charge in [0.15, 0.2) is 0 Å². The van der Waals surface area contributed by atoms with Crippen molar-refractivity contribution in [3.63, 3.8) is 0 Å². The fourth-order valence-electron chi connectivity index (χ4n) is 2.33. The summed E-state index contributed by atoms with van der Waals surface area (Å²) in [5, 5.41) is 0. The molecule has 7 nitrogen and oxygen atoms in total. The first-order valence-corrected chi connectivity index (χ1v) is 9.44. The summed E-state index contributed by atoms with van der Waals surface area (Å²) in [5.74, 6) is 0. The van der Waals surface area contributed by atoms with Gasteiger partial charge in [-0.2, -0.15) is 16.8 Å². The van der Waals surface area contributed by atoms with Gasteiger partial charge in [0.2, 0.25) is 0 Å². The maximum atomic E-state index is 11.3. The van der Waals surface area contributed by atoms with Crippen molar-refractivity contribution in [1.82, 2.24) is 0 Å². The van der Waals surface area contributed by atoms with Gasteiger partial charge in [-0.3, -0.25) is 8.37 Å². The lowest BCUT2D eigenvalue weighted by atomic mass is 9.80. The van der Waals surface area contributed by atoms with Crippen molar-refractivity contribution < 1.29 is 30.0 Å². The summed E-state index contributed by atoms with van der Waals surface area (Å²) < 4.78 is 55.1. The molecule has 0 saturated heterocycles. The maximum Gasteiger partial charge on any atom is 0.265 e. The first kappa shape index (κ1) is 16.5. The van der Waals surface area contributed by atoms with Gasteiger partial charge in [0, 0.05) is 6.42 Å². The van der Waals surface area contributed by atoms with E-state index in [2.05, 4.69) is 0 Å². The molecule has 0 aliphatic heterocycles. The molecule has 1 aliphatic carbocycles. The summed E-state index contributed by atoms with van der Waals surface area (Å²) in [6.07, 6.45) is 3.02. The van der Waals surface area contributed by atoms with E-state index in [-0.39, 0.29) is 12.8 Å². The topological polar surface area (TPSA) is 104 Å². The molecule has 0 N–H and O–H groups in total. The van der Waals surface area contributed by atoms with Gasteiger partial charge in [-0.1, -0.05) is 12.8 Å². The molecule has 1 saturated carbocycles. The number of carbonyl (C=O) groups excluding carboxylic acids is 1. The standard InChI is InChI=1S/C10H18O7S2/c1-18(12,13)16-9-5-3-4-6-10(9,7-8-11)17-19(2,14)15/h8-9H,3-7H2,1-2H3. The number of carbonyl (C=O) groups is 1. The van der Waals surface area contributed by atoms with Gasteiger partial charge in [0.05, 0.1) is 12.5 Å². The number of rotatable bonds is 6. The van der Waals surface area contributed by atoms with E-state index in [1.807, 2.05) is 0 Å². The van der Waals surface area contributed by atoms with E-state index < -0.39 is 31.9 Å². The van der Waals surface area contributed by atoms with Crippen LogP contribution in [0.5, 0.6) is 0 Å². The molecule has 0 aromatic heterocycles. The van der Waals surface area contributed by atoms with Gasteiger partial charge >= 0.3 is 0 Å². The molecule has 9 heteroatoms. The van der Waals surface area contributed by atoms with Gasteiger partial charge in [0.1, 0.15) is 18.0 Å². The van der Waals surface area contributed by atoms with Crippen molar-refractivity contribution in [3.05, 3.63) is 0 Å². The zero-order chi connectivity index (χ0) is 14.7. The Morgan fingerprint density at radius 2 is 1.79 bits per heavy atom. The number of hydrogen-bond donors (Lipinski definition) is 0. The normalized spacial score (nSPS) is 29.1. The van der Waals surface area contributed by atoms with Crippen LogP contribution in [-0.2, 0) is 33.4 Å². The van der Waals surface area contributed by atoms with Gasteiger partial charge in [-0.05, 0) is 12.8 Å². The Labute approximate surface area is 113 Å². The summed E-state index contributed by atoms with van der Waals surface area (Å²) in [6.45, 7) is 0. The molecule has 0 amide bonds.